The van der Waals surface area contributed by atoms with Gasteiger partial charge >= 0.3 is 0 Å². The van der Waals surface area contributed by atoms with E-state index in [9.17, 15) is 8.78 Å². The van der Waals surface area contributed by atoms with E-state index in [0.29, 0.717) is 24.7 Å². The van der Waals surface area contributed by atoms with Gasteiger partial charge in [0.1, 0.15) is 13.2 Å². The van der Waals surface area contributed by atoms with Crippen molar-refractivity contribution in [2.45, 2.75) is 6.43 Å². The van der Waals surface area contributed by atoms with Crippen molar-refractivity contribution in [3.8, 4) is 22.8 Å². The summed E-state index contributed by atoms with van der Waals surface area (Å²) in [6, 6.07) is 4.10. The van der Waals surface area contributed by atoms with Crippen molar-refractivity contribution in [1.29, 1.82) is 0 Å². The monoisotopic (exact) mass is 268 g/mol. The van der Waals surface area contributed by atoms with Gasteiger partial charge in [-0.15, -0.1) is 0 Å². The number of hydrogen-bond donors (Lipinski definition) is 1. The van der Waals surface area contributed by atoms with Crippen LogP contribution in [0.15, 0.2) is 22.7 Å². The van der Waals surface area contributed by atoms with Gasteiger partial charge in [-0.2, -0.15) is 0 Å². The molecule has 1 aromatic carbocycles. The Morgan fingerprint density at radius 2 is 1.79 bits per heavy atom. The minimum atomic E-state index is -2.67. The highest BCUT2D eigenvalue weighted by atomic mass is 19.3. The van der Waals surface area contributed by atoms with Gasteiger partial charge < -0.3 is 19.7 Å². The normalized spacial score (nSPS) is 13.8. The molecule has 0 atom stereocenters. The van der Waals surface area contributed by atoms with Crippen LogP contribution in [-0.4, -0.2) is 18.4 Å². The van der Waals surface area contributed by atoms with Gasteiger partial charge in [-0.1, -0.05) is 5.16 Å². The first-order valence-corrected chi connectivity index (χ1v) is 5.59. The van der Waals surface area contributed by atoms with E-state index in [1.165, 1.54) is 18.2 Å². The van der Waals surface area contributed by atoms with Gasteiger partial charge in [-0.3, -0.25) is 0 Å². The van der Waals surface area contributed by atoms with Crippen LogP contribution < -0.4 is 15.2 Å². The number of ether oxygens (including phenoxy) is 2. The molecule has 5 nitrogen and oxygen atoms in total. The Morgan fingerprint density at radius 3 is 2.37 bits per heavy atom. The first kappa shape index (κ1) is 11.8. The summed E-state index contributed by atoms with van der Waals surface area (Å²) in [7, 11) is 0. The predicted octanol–water partition coefficient (Wildman–Crippen LogP) is 2.63. The van der Waals surface area contributed by atoms with Crippen LogP contribution >= 0.6 is 0 Å². The van der Waals surface area contributed by atoms with Crippen molar-refractivity contribution < 1.29 is 22.8 Å². The van der Waals surface area contributed by atoms with Crippen LogP contribution in [0, 0.1) is 0 Å². The van der Waals surface area contributed by atoms with E-state index in [0.717, 1.165) is 0 Å². The summed E-state index contributed by atoms with van der Waals surface area (Å²) < 4.78 is 41.8. The second-order valence-corrected chi connectivity index (χ2v) is 4.00. The molecule has 1 aliphatic rings. The van der Waals surface area contributed by atoms with Crippen LogP contribution in [-0.2, 0) is 0 Å². The molecule has 1 aromatic heterocycles. The number of nitrogens with zero attached hydrogens (tertiary/aromatic N) is 1. The van der Waals surface area contributed by atoms with Crippen LogP contribution in [0.3, 0.4) is 0 Å². The number of nitrogens with two attached hydrogens (primary N) is 1. The van der Waals surface area contributed by atoms with Crippen molar-refractivity contribution in [2.75, 3.05) is 18.9 Å². The predicted molar refractivity (Wildman–Crippen MR) is 62.3 cm³/mol. The fourth-order valence-corrected chi connectivity index (χ4v) is 1.91. The highest BCUT2D eigenvalue weighted by Crippen LogP contribution is 2.41. The van der Waals surface area contributed by atoms with Gasteiger partial charge in [0.2, 0.25) is 0 Å². The van der Waals surface area contributed by atoms with Crippen molar-refractivity contribution >= 4 is 5.82 Å². The van der Waals surface area contributed by atoms with E-state index in [4.69, 9.17) is 19.7 Å². The number of alkyl halides is 2. The summed E-state index contributed by atoms with van der Waals surface area (Å²) in [6.45, 7) is 0.712. The second-order valence-electron chi connectivity index (χ2n) is 4.00. The molecule has 1 aliphatic heterocycles. The third-order valence-corrected chi connectivity index (χ3v) is 2.74. The third-order valence-electron chi connectivity index (χ3n) is 2.74. The van der Waals surface area contributed by atoms with Crippen molar-refractivity contribution in [1.82, 2.24) is 5.16 Å². The van der Waals surface area contributed by atoms with Crippen LogP contribution in [0.25, 0.3) is 11.3 Å². The van der Waals surface area contributed by atoms with E-state index in [2.05, 4.69) is 5.16 Å². The van der Waals surface area contributed by atoms with Crippen molar-refractivity contribution in [3.63, 3.8) is 0 Å². The maximum absolute atomic E-state index is 13.1. The van der Waals surface area contributed by atoms with Gasteiger partial charge in [0.05, 0.1) is 0 Å². The number of anilines is 1. The van der Waals surface area contributed by atoms with E-state index in [1.54, 1.807) is 0 Å². The SMILES string of the molecule is Nc1cc(-c2cc3c(cc2C(F)F)OCCO3)on1. The molecule has 2 heterocycles. The average molecular weight is 268 g/mol. The Labute approximate surface area is 106 Å². The largest absolute Gasteiger partial charge is 0.486 e. The third kappa shape index (κ3) is 2.07. The Morgan fingerprint density at radius 1 is 1.11 bits per heavy atom. The van der Waals surface area contributed by atoms with Crippen molar-refractivity contribution in [2.24, 2.45) is 0 Å². The Balaban J connectivity index is 2.16. The van der Waals surface area contributed by atoms with E-state index < -0.39 is 6.43 Å². The molecule has 0 bridgehead atoms. The fraction of sp³-hybridized carbons (Fsp3) is 0.250. The molecule has 0 spiro atoms. The quantitative estimate of drug-likeness (QED) is 0.906. The van der Waals surface area contributed by atoms with E-state index >= 15 is 0 Å². The lowest BCUT2D eigenvalue weighted by atomic mass is 10.0. The molecule has 0 aliphatic carbocycles. The van der Waals surface area contributed by atoms with Gasteiger partial charge in [0, 0.05) is 17.2 Å². The van der Waals surface area contributed by atoms with Gasteiger partial charge in [-0.25, -0.2) is 8.78 Å². The molecule has 3 rings (SSSR count). The summed E-state index contributed by atoms with van der Waals surface area (Å²) >= 11 is 0. The molecule has 0 fully saturated rings. The molecule has 0 saturated carbocycles. The zero-order valence-electron chi connectivity index (χ0n) is 9.73. The van der Waals surface area contributed by atoms with E-state index in [1.807, 2.05) is 0 Å². The Bertz CT molecular complexity index is 613. The van der Waals surface area contributed by atoms with Crippen LogP contribution in [0.2, 0.25) is 0 Å². The van der Waals surface area contributed by atoms with E-state index in [-0.39, 0.29) is 22.7 Å². The molecule has 2 N–H and O–H groups in total. The summed E-state index contributed by atoms with van der Waals surface area (Å²) in [5.74, 6) is 1.01. The molecule has 19 heavy (non-hydrogen) atoms. The van der Waals surface area contributed by atoms with Gasteiger partial charge in [0.25, 0.3) is 6.43 Å². The molecule has 0 unspecified atom stereocenters. The van der Waals surface area contributed by atoms with Crippen LogP contribution in [0.4, 0.5) is 14.6 Å². The minimum Gasteiger partial charge on any atom is -0.486 e. The molecule has 7 heteroatoms. The average Bonchev–Trinajstić information content (AvgIpc) is 2.83. The smallest absolute Gasteiger partial charge is 0.264 e. The summed E-state index contributed by atoms with van der Waals surface area (Å²) in [6.07, 6.45) is -2.67. The maximum Gasteiger partial charge on any atom is 0.264 e. The Hall–Kier alpha value is -2.31. The number of benzene rings is 1. The zero-order valence-corrected chi connectivity index (χ0v) is 9.73. The summed E-state index contributed by atoms with van der Waals surface area (Å²) in [5, 5.41) is 3.49. The number of hydrogen-bond acceptors (Lipinski definition) is 5. The zero-order chi connectivity index (χ0) is 13.4. The first-order chi connectivity index (χ1) is 9.15. The topological polar surface area (TPSA) is 70.5 Å². The molecule has 100 valence electrons. The molecule has 0 saturated heterocycles. The lowest BCUT2D eigenvalue weighted by Gasteiger charge is -2.20. The second kappa shape index (κ2) is 4.42. The molecular weight excluding hydrogens is 258 g/mol. The van der Waals surface area contributed by atoms with Crippen LogP contribution in [0.1, 0.15) is 12.0 Å². The van der Waals surface area contributed by atoms with Crippen molar-refractivity contribution in [3.05, 3.63) is 23.8 Å². The highest BCUT2D eigenvalue weighted by Gasteiger charge is 2.23. The lowest BCUT2D eigenvalue weighted by Crippen LogP contribution is -2.15. The number of aromatic nitrogens is 1. The lowest BCUT2D eigenvalue weighted by molar-refractivity contribution is 0.147. The fourth-order valence-electron chi connectivity index (χ4n) is 1.91. The van der Waals surface area contributed by atoms with Gasteiger partial charge in [0.15, 0.2) is 23.1 Å². The van der Waals surface area contributed by atoms with Gasteiger partial charge in [-0.05, 0) is 12.1 Å². The Kier molecular flexibility index (Phi) is 2.73. The number of halogens is 2. The number of rotatable bonds is 2. The number of fused-ring (bicyclic) bond motifs is 1. The standard InChI is InChI=1S/C12H10F2N2O3/c13-12(14)7-4-10-9(17-1-2-18-10)3-6(7)8-5-11(15)16-19-8/h3-5,12H,1-2H2,(H2,15,16). The summed E-state index contributed by atoms with van der Waals surface area (Å²) in [4.78, 5) is 0. The minimum absolute atomic E-state index is 0.130. The molecular formula is C12H10F2N2O3. The molecule has 2 aromatic rings. The summed E-state index contributed by atoms with van der Waals surface area (Å²) in [5.41, 5.74) is 5.42. The molecule has 0 amide bonds. The highest BCUT2D eigenvalue weighted by molar-refractivity contribution is 5.69. The number of nitrogen functional groups attached to an aromatic ring is 1. The first-order valence-electron chi connectivity index (χ1n) is 5.59. The molecule has 0 radical (unpaired) electrons. The maximum atomic E-state index is 13.1. The van der Waals surface area contributed by atoms with Crippen LogP contribution in [0.5, 0.6) is 11.5 Å².